The van der Waals surface area contributed by atoms with Gasteiger partial charge in [0, 0.05) is 0 Å². The quantitative estimate of drug-likeness (QED) is 0.290. The average molecular weight is 383 g/mol. The molecule has 4 aromatic carbocycles. The number of ether oxygens (including phenoxy) is 1. The van der Waals surface area contributed by atoms with Gasteiger partial charge in [-0.05, 0) is 48.5 Å². The Morgan fingerprint density at radius 1 is 0.571 bits per heavy atom. The van der Waals surface area contributed by atoms with Crippen LogP contribution in [-0.2, 0) is 0 Å². The summed E-state index contributed by atoms with van der Waals surface area (Å²) in [5.74, 6) is 0.228. The lowest BCUT2D eigenvalue weighted by molar-refractivity contribution is 0.0736. The highest BCUT2D eigenvalue weighted by Crippen LogP contribution is 2.34. The molecule has 0 aliphatic carbocycles. The van der Waals surface area contributed by atoms with Gasteiger partial charge in [0.25, 0.3) is 0 Å². The Hall–Kier alpha value is -3.22. The van der Waals surface area contributed by atoms with E-state index in [1.165, 1.54) is 10.6 Å². The number of carbonyl (C=O) groups excluding carboxylic acids is 1. The summed E-state index contributed by atoms with van der Waals surface area (Å²) in [6.07, 6.45) is 0. The van der Waals surface area contributed by atoms with Gasteiger partial charge in [-0.25, -0.2) is 4.79 Å². The Morgan fingerprint density at radius 3 is 1.61 bits per heavy atom. The number of benzene rings is 4. The molecule has 0 bridgehead atoms. The second kappa shape index (κ2) is 8.65. The molecule has 4 aromatic rings. The normalized spacial score (nSPS) is 10.6. The topological polar surface area (TPSA) is 26.3 Å². The van der Waals surface area contributed by atoms with E-state index in [0.717, 1.165) is 5.30 Å². The highest BCUT2D eigenvalue weighted by molar-refractivity contribution is 7.80. The fourth-order valence-corrected chi connectivity index (χ4v) is 5.94. The molecule has 0 aliphatic heterocycles. The molecule has 0 fully saturated rings. The van der Waals surface area contributed by atoms with Crippen LogP contribution in [0.25, 0.3) is 0 Å². The van der Waals surface area contributed by atoms with Gasteiger partial charge in [-0.15, -0.1) is 0 Å². The van der Waals surface area contributed by atoms with Gasteiger partial charge in [-0.3, -0.25) is 0 Å². The molecule has 0 aliphatic rings. The minimum atomic E-state index is -1.34. The van der Waals surface area contributed by atoms with Gasteiger partial charge in [0.2, 0.25) is 0 Å². The van der Waals surface area contributed by atoms with Crippen molar-refractivity contribution in [2.24, 2.45) is 0 Å². The average Bonchev–Trinajstić information content (AvgIpc) is 2.76. The Morgan fingerprint density at radius 2 is 1.04 bits per heavy atom. The predicted octanol–water partition coefficient (Wildman–Crippen LogP) is 4.40. The second-order valence-corrected chi connectivity index (χ2v) is 8.80. The Bertz CT molecular complexity index is 1010. The van der Waals surface area contributed by atoms with Crippen LogP contribution in [0.15, 0.2) is 115 Å². The Kier molecular flexibility index (Phi) is 5.61. The summed E-state index contributed by atoms with van der Waals surface area (Å²) >= 11 is 0. The van der Waals surface area contributed by atoms with E-state index in [4.69, 9.17) is 4.74 Å². The summed E-state index contributed by atoms with van der Waals surface area (Å²) in [7, 11) is -1.34. The first-order valence-electron chi connectivity index (χ1n) is 9.17. The highest BCUT2D eigenvalue weighted by atomic mass is 31.1. The molecule has 0 N–H and O–H groups in total. The summed E-state index contributed by atoms with van der Waals surface area (Å²) < 4.78 is 5.64. The monoisotopic (exact) mass is 383 g/mol. The van der Waals surface area contributed by atoms with Crippen LogP contribution in [0.3, 0.4) is 0 Å². The molecule has 2 nitrogen and oxygen atoms in total. The Balaban J connectivity index is 1.79. The van der Waals surface area contributed by atoms with Gasteiger partial charge >= 0.3 is 5.97 Å². The minimum Gasteiger partial charge on any atom is -0.423 e. The highest BCUT2D eigenvalue weighted by Gasteiger charge is 2.30. The third-order valence-electron chi connectivity index (χ3n) is 4.49. The fraction of sp³-hybridized carbons (Fsp3) is 0. The van der Waals surface area contributed by atoms with Gasteiger partial charge in [-0.1, -0.05) is 66.7 Å². The minimum absolute atomic E-state index is 0.323. The zero-order valence-electron chi connectivity index (χ0n) is 15.3. The van der Waals surface area contributed by atoms with E-state index in [2.05, 4.69) is 30.3 Å². The van der Waals surface area contributed by atoms with Gasteiger partial charge in [-0.2, -0.15) is 0 Å². The maximum Gasteiger partial charge on any atom is 0.347 e. The maximum atomic E-state index is 13.0. The molecule has 0 heterocycles. The summed E-state index contributed by atoms with van der Waals surface area (Å²) in [4.78, 5) is 13.0. The summed E-state index contributed by atoms with van der Waals surface area (Å²) in [5.41, 5.74) is 0.618. The molecular weight excluding hydrogens is 363 g/mol. The van der Waals surface area contributed by atoms with Crippen molar-refractivity contribution in [3.05, 3.63) is 121 Å². The number of esters is 1. The first-order valence-corrected chi connectivity index (χ1v) is 10.7. The molecule has 0 spiro atoms. The summed E-state index contributed by atoms with van der Waals surface area (Å²) in [6.45, 7) is 0. The van der Waals surface area contributed by atoms with Crippen molar-refractivity contribution in [2.45, 2.75) is 0 Å². The van der Waals surface area contributed by atoms with Crippen LogP contribution in [0.4, 0.5) is 0 Å². The van der Waals surface area contributed by atoms with Crippen molar-refractivity contribution in [3.8, 4) is 5.75 Å². The molecule has 0 atom stereocenters. The first kappa shape index (κ1) is 18.2. The SMILES string of the molecule is O=C(Oc1ccccc1)c1ccccc1[PH+](c1ccccc1)c1ccccc1. The fourth-order valence-electron chi connectivity index (χ4n) is 3.22. The lowest BCUT2D eigenvalue weighted by Crippen LogP contribution is -2.26. The van der Waals surface area contributed by atoms with E-state index >= 15 is 0 Å². The molecular formula is C25H20O2P+. The summed E-state index contributed by atoms with van der Waals surface area (Å²) in [6, 6.07) is 37.8. The molecule has 0 aromatic heterocycles. The smallest absolute Gasteiger partial charge is 0.347 e. The van der Waals surface area contributed by atoms with Crippen molar-refractivity contribution < 1.29 is 9.53 Å². The molecule has 0 saturated heterocycles. The second-order valence-electron chi connectivity index (χ2n) is 6.36. The maximum absolute atomic E-state index is 13.0. The molecule has 136 valence electrons. The first-order chi connectivity index (χ1) is 13.8. The largest absolute Gasteiger partial charge is 0.423 e. The van der Waals surface area contributed by atoms with E-state index < -0.39 is 7.92 Å². The molecule has 0 radical (unpaired) electrons. The van der Waals surface area contributed by atoms with Crippen LogP contribution in [-0.4, -0.2) is 5.97 Å². The van der Waals surface area contributed by atoms with Crippen molar-refractivity contribution >= 4 is 29.8 Å². The third kappa shape index (κ3) is 4.03. The molecule has 0 unspecified atom stereocenters. The van der Waals surface area contributed by atoms with Crippen LogP contribution in [0.5, 0.6) is 5.75 Å². The lowest BCUT2D eigenvalue weighted by atomic mass is 10.2. The van der Waals surface area contributed by atoms with E-state index in [-0.39, 0.29) is 5.97 Å². The van der Waals surface area contributed by atoms with Crippen LogP contribution < -0.4 is 20.7 Å². The van der Waals surface area contributed by atoms with Gasteiger partial charge in [0.1, 0.15) is 27.2 Å². The van der Waals surface area contributed by atoms with Crippen LogP contribution >= 0.6 is 7.92 Å². The molecule has 4 rings (SSSR count). The van der Waals surface area contributed by atoms with Crippen molar-refractivity contribution in [1.82, 2.24) is 0 Å². The van der Waals surface area contributed by atoms with Gasteiger partial charge in [0.15, 0.2) is 0 Å². The number of rotatable bonds is 5. The predicted molar refractivity (Wildman–Crippen MR) is 118 cm³/mol. The lowest BCUT2D eigenvalue weighted by Gasteiger charge is -2.14. The summed E-state index contributed by atoms with van der Waals surface area (Å²) in [5, 5.41) is 3.50. The van der Waals surface area contributed by atoms with Crippen molar-refractivity contribution in [2.75, 3.05) is 0 Å². The number of hydrogen-bond acceptors (Lipinski definition) is 2. The van der Waals surface area contributed by atoms with E-state index in [0.29, 0.717) is 11.3 Å². The molecule has 0 saturated carbocycles. The Labute approximate surface area is 166 Å². The van der Waals surface area contributed by atoms with Gasteiger partial charge < -0.3 is 4.74 Å². The molecule has 3 heteroatoms. The standard InChI is InChI=1S/C25H19O2P/c26-25(27-20-12-4-1-5-13-20)23-18-10-11-19-24(23)28(21-14-6-2-7-15-21)22-16-8-3-9-17-22/h1-19H/p+1. The number of carbonyl (C=O) groups is 1. The number of hydrogen-bond donors (Lipinski definition) is 0. The van der Waals surface area contributed by atoms with E-state index in [1.807, 2.05) is 72.8 Å². The van der Waals surface area contributed by atoms with Crippen molar-refractivity contribution in [1.29, 1.82) is 0 Å². The van der Waals surface area contributed by atoms with Crippen LogP contribution in [0.1, 0.15) is 10.4 Å². The van der Waals surface area contributed by atoms with E-state index in [1.54, 1.807) is 12.1 Å². The van der Waals surface area contributed by atoms with Crippen molar-refractivity contribution in [3.63, 3.8) is 0 Å². The zero-order chi connectivity index (χ0) is 19.2. The van der Waals surface area contributed by atoms with Crippen LogP contribution in [0, 0.1) is 0 Å². The third-order valence-corrected chi connectivity index (χ3v) is 7.29. The number of para-hydroxylation sites is 1. The molecule has 28 heavy (non-hydrogen) atoms. The van der Waals surface area contributed by atoms with Gasteiger partial charge in [0.05, 0.1) is 7.92 Å². The van der Waals surface area contributed by atoms with E-state index in [9.17, 15) is 4.79 Å². The molecule has 0 amide bonds. The van der Waals surface area contributed by atoms with Crippen LogP contribution in [0.2, 0.25) is 0 Å². The zero-order valence-corrected chi connectivity index (χ0v) is 16.3.